The smallest absolute Gasteiger partial charge is 0.387 e. The number of carbonyl (C=O) groups excluding carboxylic acids is 1. The molecule has 1 N–H and O–H groups in total. The summed E-state index contributed by atoms with van der Waals surface area (Å²) in [6.45, 7) is -2.90. The highest BCUT2D eigenvalue weighted by Gasteiger charge is 2.15. The van der Waals surface area contributed by atoms with Gasteiger partial charge in [-0.1, -0.05) is 11.6 Å². The van der Waals surface area contributed by atoms with Gasteiger partial charge in [0, 0.05) is 11.3 Å². The minimum absolute atomic E-state index is 0.00263. The third-order valence-electron chi connectivity index (χ3n) is 3.03. The van der Waals surface area contributed by atoms with Crippen LogP contribution in [0.25, 0.3) is 0 Å². The highest BCUT2D eigenvalue weighted by atomic mass is 35.5. The van der Waals surface area contributed by atoms with E-state index in [0.717, 1.165) is 0 Å². The summed E-state index contributed by atoms with van der Waals surface area (Å²) in [6.07, 6.45) is 0. The number of carbonyl (C=O) groups is 1. The molecule has 128 valence electrons. The molecule has 2 rings (SSSR count). The first-order chi connectivity index (χ1) is 11.4. The van der Waals surface area contributed by atoms with E-state index < -0.39 is 12.5 Å². The Labute approximate surface area is 142 Å². The number of hydrogen-bond acceptors (Lipinski definition) is 4. The van der Waals surface area contributed by atoms with Gasteiger partial charge < -0.3 is 19.5 Å². The predicted octanol–water partition coefficient (Wildman–Crippen LogP) is 4.21. The lowest BCUT2D eigenvalue weighted by molar-refractivity contribution is -0.0498. The van der Waals surface area contributed by atoms with E-state index in [9.17, 15) is 13.6 Å². The summed E-state index contributed by atoms with van der Waals surface area (Å²) < 4.78 is 38.7. The monoisotopic (exact) mass is 357 g/mol. The number of ether oxygens (including phenoxy) is 3. The molecule has 0 aliphatic heterocycles. The van der Waals surface area contributed by atoms with Crippen LogP contribution in [0.5, 0.6) is 17.2 Å². The molecule has 0 aliphatic rings. The molecule has 0 aromatic heterocycles. The van der Waals surface area contributed by atoms with Crippen molar-refractivity contribution in [2.45, 2.75) is 6.61 Å². The molecule has 2 aromatic carbocycles. The summed E-state index contributed by atoms with van der Waals surface area (Å²) in [5.41, 5.74) is 0.665. The molecule has 2 aromatic rings. The number of nitrogens with one attached hydrogen (secondary N) is 1. The van der Waals surface area contributed by atoms with Gasteiger partial charge in [-0.05, 0) is 36.4 Å². The summed E-state index contributed by atoms with van der Waals surface area (Å²) in [4.78, 5) is 12.3. The Bertz CT molecular complexity index is 723. The van der Waals surface area contributed by atoms with Crippen LogP contribution in [-0.2, 0) is 0 Å². The van der Waals surface area contributed by atoms with Crippen molar-refractivity contribution in [2.24, 2.45) is 0 Å². The topological polar surface area (TPSA) is 56.8 Å². The molecule has 0 heterocycles. The third-order valence-corrected chi connectivity index (χ3v) is 3.31. The first kappa shape index (κ1) is 17.8. The second kappa shape index (κ2) is 7.83. The maximum Gasteiger partial charge on any atom is 0.387 e. The fraction of sp³-hybridized carbons (Fsp3) is 0.188. The van der Waals surface area contributed by atoms with Crippen molar-refractivity contribution < 1.29 is 27.8 Å². The summed E-state index contributed by atoms with van der Waals surface area (Å²) in [5.74, 6) is 0.192. The Morgan fingerprint density at radius 2 is 1.79 bits per heavy atom. The van der Waals surface area contributed by atoms with Crippen molar-refractivity contribution >= 4 is 23.2 Å². The van der Waals surface area contributed by atoms with E-state index in [1.165, 1.54) is 50.6 Å². The third kappa shape index (κ3) is 4.26. The van der Waals surface area contributed by atoms with E-state index in [2.05, 4.69) is 10.1 Å². The normalized spacial score (nSPS) is 10.4. The zero-order valence-corrected chi connectivity index (χ0v) is 13.6. The van der Waals surface area contributed by atoms with Crippen molar-refractivity contribution in [3.63, 3.8) is 0 Å². The molecule has 5 nitrogen and oxygen atoms in total. The molecule has 24 heavy (non-hydrogen) atoms. The lowest BCUT2D eigenvalue weighted by Gasteiger charge is -2.12. The zero-order valence-electron chi connectivity index (χ0n) is 12.8. The van der Waals surface area contributed by atoms with Gasteiger partial charge in [0.15, 0.2) is 11.5 Å². The number of alkyl halides is 2. The van der Waals surface area contributed by atoms with Crippen molar-refractivity contribution in [2.75, 3.05) is 19.5 Å². The Morgan fingerprint density at radius 1 is 1.12 bits per heavy atom. The molecule has 0 unspecified atom stereocenters. The molecular weight excluding hydrogens is 344 g/mol. The van der Waals surface area contributed by atoms with E-state index in [0.29, 0.717) is 17.2 Å². The zero-order chi connectivity index (χ0) is 17.7. The summed E-state index contributed by atoms with van der Waals surface area (Å²) in [6, 6.07) is 8.45. The molecular formula is C16H14ClF2NO4. The summed E-state index contributed by atoms with van der Waals surface area (Å²) >= 11 is 6.06. The number of rotatable bonds is 6. The minimum atomic E-state index is -2.90. The highest BCUT2D eigenvalue weighted by molar-refractivity contribution is 6.32. The Hall–Kier alpha value is -2.54. The maximum atomic E-state index is 12.3. The Balaban J connectivity index is 2.16. The van der Waals surface area contributed by atoms with Crippen LogP contribution < -0.4 is 19.5 Å². The average Bonchev–Trinajstić information content (AvgIpc) is 2.55. The second-order valence-corrected chi connectivity index (χ2v) is 4.96. The highest BCUT2D eigenvalue weighted by Crippen LogP contribution is 2.36. The maximum absolute atomic E-state index is 12.3. The molecule has 8 heteroatoms. The largest absolute Gasteiger partial charge is 0.493 e. The van der Waals surface area contributed by atoms with Gasteiger partial charge in [0.1, 0.15) is 5.75 Å². The molecule has 0 radical (unpaired) electrons. The fourth-order valence-corrected chi connectivity index (χ4v) is 2.26. The fourth-order valence-electron chi connectivity index (χ4n) is 1.97. The van der Waals surface area contributed by atoms with E-state index in [-0.39, 0.29) is 16.3 Å². The van der Waals surface area contributed by atoms with E-state index in [4.69, 9.17) is 21.1 Å². The van der Waals surface area contributed by atoms with Crippen LogP contribution in [0.3, 0.4) is 0 Å². The van der Waals surface area contributed by atoms with Crippen molar-refractivity contribution in [1.82, 2.24) is 0 Å². The Morgan fingerprint density at radius 3 is 2.33 bits per heavy atom. The standard InChI is InChI=1S/C16H14ClF2NO4/c1-22-13-8-9(7-12(17)14(13)23-2)15(21)20-10-3-5-11(6-4-10)24-16(18)19/h3-8,16H,1-2H3,(H,20,21). The lowest BCUT2D eigenvalue weighted by atomic mass is 10.1. The van der Waals surface area contributed by atoms with Crippen LogP contribution in [0, 0.1) is 0 Å². The predicted molar refractivity (Wildman–Crippen MR) is 85.6 cm³/mol. The second-order valence-electron chi connectivity index (χ2n) is 4.55. The molecule has 0 aliphatic carbocycles. The van der Waals surface area contributed by atoms with Gasteiger partial charge in [0.25, 0.3) is 5.91 Å². The van der Waals surface area contributed by atoms with Gasteiger partial charge in [-0.3, -0.25) is 4.79 Å². The lowest BCUT2D eigenvalue weighted by Crippen LogP contribution is -2.12. The number of amides is 1. The van der Waals surface area contributed by atoms with Crippen LogP contribution in [-0.4, -0.2) is 26.7 Å². The van der Waals surface area contributed by atoms with Crippen molar-refractivity contribution in [3.8, 4) is 17.2 Å². The van der Waals surface area contributed by atoms with E-state index in [1.807, 2.05) is 0 Å². The number of methoxy groups -OCH3 is 2. The van der Waals surface area contributed by atoms with Crippen LogP contribution in [0.2, 0.25) is 5.02 Å². The van der Waals surface area contributed by atoms with Crippen LogP contribution in [0.4, 0.5) is 14.5 Å². The molecule has 0 bridgehead atoms. The van der Waals surface area contributed by atoms with Crippen LogP contribution in [0.15, 0.2) is 36.4 Å². The number of halogens is 3. The van der Waals surface area contributed by atoms with Gasteiger partial charge in [0.2, 0.25) is 0 Å². The molecule has 1 amide bonds. The van der Waals surface area contributed by atoms with Crippen molar-refractivity contribution in [1.29, 1.82) is 0 Å². The van der Waals surface area contributed by atoms with Gasteiger partial charge in [0.05, 0.1) is 19.2 Å². The molecule has 0 saturated carbocycles. The Kier molecular flexibility index (Phi) is 5.81. The van der Waals surface area contributed by atoms with E-state index >= 15 is 0 Å². The first-order valence-corrected chi connectivity index (χ1v) is 7.10. The van der Waals surface area contributed by atoms with Crippen LogP contribution in [0.1, 0.15) is 10.4 Å². The number of hydrogen-bond donors (Lipinski definition) is 1. The SMILES string of the molecule is COc1cc(C(=O)Nc2ccc(OC(F)F)cc2)cc(Cl)c1OC. The quantitative estimate of drug-likeness (QED) is 0.841. The molecule has 0 fully saturated rings. The number of anilines is 1. The molecule has 0 atom stereocenters. The summed E-state index contributed by atoms with van der Waals surface area (Å²) in [7, 11) is 2.87. The van der Waals surface area contributed by atoms with Crippen LogP contribution >= 0.6 is 11.6 Å². The first-order valence-electron chi connectivity index (χ1n) is 6.72. The van der Waals surface area contributed by atoms with Gasteiger partial charge in [-0.25, -0.2) is 0 Å². The van der Waals surface area contributed by atoms with E-state index in [1.54, 1.807) is 0 Å². The summed E-state index contributed by atoms with van der Waals surface area (Å²) in [5, 5.41) is 2.84. The molecule has 0 spiro atoms. The van der Waals surface area contributed by atoms with Gasteiger partial charge in [-0.2, -0.15) is 8.78 Å². The number of benzene rings is 2. The minimum Gasteiger partial charge on any atom is -0.493 e. The van der Waals surface area contributed by atoms with Gasteiger partial charge >= 0.3 is 6.61 Å². The molecule has 0 saturated heterocycles. The van der Waals surface area contributed by atoms with Gasteiger partial charge in [-0.15, -0.1) is 0 Å². The average molecular weight is 358 g/mol. The van der Waals surface area contributed by atoms with Crippen molar-refractivity contribution in [3.05, 3.63) is 47.0 Å².